The molecule has 3 aromatic carbocycles. The molecule has 3 aromatic rings. The van der Waals surface area contributed by atoms with E-state index in [0.29, 0.717) is 29.4 Å². The van der Waals surface area contributed by atoms with Gasteiger partial charge in [0.05, 0.1) is 12.8 Å². The highest BCUT2D eigenvalue weighted by Gasteiger charge is 2.35. The first-order chi connectivity index (χ1) is 16.4. The maximum absolute atomic E-state index is 13.4. The van der Waals surface area contributed by atoms with Crippen LogP contribution in [0.3, 0.4) is 0 Å². The van der Waals surface area contributed by atoms with Gasteiger partial charge in [-0.25, -0.2) is 0 Å². The lowest BCUT2D eigenvalue weighted by atomic mass is 10.0. The Kier molecular flexibility index (Phi) is 6.75. The Bertz CT molecular complexity index is 1300. The van der Waals surface area contributed by atoms with Crippen LogP contribution in [0.1, 0.15) is 22.3 Å². The second kappa shape index (κ2) is 9.89. The number of methoxy groups -OCH3 is 1. The molecule has 0 aromatic heterocycles. The van der Waals surface area contributed by atoms with Crippen LogP contribution < -0.4 is 19.7 Å². The topological polar surface area (TPSA) is 67.9 Å². The fraction of sp³-hybridized carbons (Fsp3) is 0.148. The fourth-order valence-electron chi connectivity index (χ4n) is 3.73. The summed E-state index contributed by atoms with van der Waals surface area (Å²) in [6.45, 7) is 4.23. The van der Waals surface area contributed by atoms with E-state index in [4.69, 9.17) is 21.7 Å². The molecule has 0 saturated carbocycles. The van der Waals surface area contributed by atoms with Crippen molar-refractivity contribution in [3.05, 3.63) is 94.6 Å². The van der Waals surface area contributed by atoms with E-state index in [1.54, 1.807) is 25.3 Å². The van der Waals surface area contributed by atoms with Crippen molar-refractivity contribution >= 4 is 40.9 Å². The maximum atomic E-state index is 13.4. The normalized spacial score (nSPS) is 14.9. The minimum absolute atomic E-state index is 0.0206. The number of carbonyl (C=O) groups is 2. The van der Waals surface area contributed by atoms with Crippen LogP contribution in [0.5, 0.6) is 11.5 Å². The molecule has 4 rings (SSSR count). The van der Waals surface area contributed by atoms with Gasteiger partial charge in [0.15, 0.2) is 16.6 Å². The van der Waals surface area contributed by atoms with Gasteiger partial charge in [0, 0.05) is 0 Å². The molecule has 34 heavy (non-hydrogen) atoms. The van der Waals surface area contributed by atoms with Crippen molar-refractivity contribution in [2.45, 2.75) is 20.5 Å². The summed E-state index contributed by atoms with van der Waals surface area (Å²) in [5.74, 6) is 0.0311. The number of benzene rings is 3. The molecule has 0 aliphatic carbocycles. The van der Waals surface area contributed by atoms with Crippen LogP contribution in [0.15, 0.2) is 72.3 Å². The first-order valence-corrected chi connectivity index (χ1v) is 11.1. The van der Waals surface area contributed by atoms with E-state index in [1.165, 1.54) is 11.0 Å². The number of hydrogen-bond donors (Lipinski definition) is 1. The summed E-state index contributed by atoms with van der Waals surface area (Å²) < 4.78 is 11.4. The Hall–Kier alpha value is -3.97. The molecule has 1 N–H and O–H groups in total. The summed E-state index contributed by atoms with van der Waals surface area (Å²) in [5.41, 5.74) is 4.19. The molecule has 1 aliphatic heterocycles. The summed E-state index contributed by atoms with van der Waals surface area (Å²) in [4.78, 5) is 27.4. The Morgan fingerprint density at radius 3 is 2.44 bits per heavy atom. The van der Waals surface area contributed by atoms with Gasteiger partial charge >= 0.3 is 0 Å². The first-order valence-electron chi connectivity index (χ1n) is 10.7. The van der Waals surface area contributed by atoms with Crippen LogP contribution in [-0.4, -0.2) is 24.0 Å². The van der Waals surface area contributed by atoms with Crippen molar-refractivity contribution in [1.82, 2.24) is 5.32 Å². The highest BCUT2D eigenvalue weighted by Crippen LogP contribution is 2.31. The van der Waals surface area contributed by atoms with E-state index in [9.17, 15) is 9.59 Å². The van der Waals surface area contributed by atoms with Gasteiger partial charge in [-0.3, -0.25) is 19.8 Å². The molecule has 1 saturated heterocycles. The van der Waals surface area contributed by atoms with Crippen molar-refractivity contribution in [3.63, 3.8) is 0 Å². The summed E-state index contributed by atoms with van der Waals surface area (Å²) in [6, 6.07) is 20.7. The Balaban J connectivity index is 1.65. The summed E-state index contributed by atoms with van der Waals surface area (Å²) in [5, 5.41) is 2.68. The summed E-state index contributed by atoms with van der Waals surface area (Å²) >= 11 is 5.32. The van der Waals surface area contributed by atoms with Gasteiger partial charge in [-0.1, -0.05) is 54.1 Å². The van der Waals surface area contributed by atoms with Crippen LogP contribution >= 0.6 is 12.2 Å². The van der Waals surface area contributed by atoms with Gasteiger partial charge in [0.2, 0.25) is 0 Å². The zero-order chi connectivity index (χ0) is 24.2. The van der Waals surface area contributed by atoms with Gasteiger partial charge in [-0.15, -0.1) is 0 Å². The Morgan fingerprint density at radius 1 is 0.971 bits per heavy atom. The Labute approximate surface area is 203 Å². The number of aryl methyl sites for hydroxylation is 2. The number of hydrogen-bond acceptors (Lipinski definition) is 5. The number of rotatable bonds is 6. The molecule has 172 valence electrons. The molecule has 0 bridgehead atoms. The quantitative estimate of drug-likeness (QED) is 0.319. The van der Waals surface area contributed by atoms with E-state index < -0.39 is 11.8 Å². The highest BCUT2D eigenvalue weighted by molar-refractivity contribution is 7.80. The Morgan fingerprint density at radius 2 is 1.74 bits per heavy atom. The molecule has 1 heterocycles. The molecule has 1 aliphatic rings. The third-order valence-electron chi connectivity index (χ3n) is 5.43. The summed E-state index contributed by atoms with van der Waals surface area (Å²) in [6.07, 6.45) is 1.53. The predicted octanol–water partition coefficient (Wildman–Crippen LogP) is 4.72. The van der Waals surface area contributed by atoms with Gasteiger partial charge in [0.25, 0.3) is 11.8 Å². The minimum atomic E-state index is -0.543. The lowest BCUT2D eigenvalue weighted by molar-refractivity contribution is -0.122. The van der Waals surface area contributed by atoms with Crippen molar-refractivity contribution in [1.29, 1.82) is 0 Å². The van der Waals surface area contributed by atoms with Crippen LogP contribution in [0.4, 0.5) is 5.69 Å². The van der Waals surface area contributed by atoms with E-state index in [0.717, 1.165) is 16.7 Å². The largest absolute Gasteiger partial charge is 0.493 e. The van der Waals surface area contributed by atoms with Gasteiger partial charge in [-0.2, -0.15) is 0 Å². The molecular weight excluding hydrogens is 448 g/mol. The van der Waals surface area contributed by atoms with Gasteiger partial charge < -0.3 is 9.47 Å². The second-order valence-electron chi connectivity index (χ2n) is 7.93. The lowest BCUT2D eigenvalue weighted by Gasteiger charge is -2.30. The average Bonchev–Trinajstić information content (AvgIpc) is 2.82. The molecule has 7 heteroatoms. The van der Waals surface area contributed by atoms with Crippen molar-refractivity contribution < 1.29 is 19.1 Å². The molecule has 0 spiro atoms. The zero-order valence-corrected chi connectivity index (χ0v) is 19.9. The standard InChI is InChI=1S/C27H24N2O4S/c1-17-9-11-22(18(2)13-17)29-26(31)21(25(30)28-27(29)34)14-20-10-12-23(32-3)24(15-20)33-16-19-7-5-4-6-8-19/h4-15H,16H2,1-3H3,(H,28,30,34)/b21-14+. The third-order valence-corrected chi connectivity index (χ3v) is 5.72. The monoisotopic (exact) mass is 472 g/mol. The number of carbonyl (C=O) groups excluding carboxylic acids is 2. The van der Waals surface area contributed by atoms with Gasteiger partial charge in [-0.05, 0) is 67.0 Å². The summed E-state index contributed by atoms with van der Waals surface area (Å²) in [7, 11) is 1.56. The number of ether oxygens (including phenoxy) is 2. The minimum Gasteiger partial charge on any atom is -0.493 e. The molecule has 2 amide bonds. The lowest BCUT2D eigenvalue weighted by Crippen LogP contribution is -2.54. The first kappa shape index (κ1) is 23.2. The van der Waals surface area contributed by atoms with E-state index in [2.05, 4.69) is 5.32 Å². The number of nitrogens with one attached hydrogen (secondary N) is 1. The smallest absolute Gasteiger partial charge is 0.270 e. The van der Waals surface area contributed by atoms with Crippen LogP contribution in [0, 0.1) is 13.8 Å². The number of thiocarbonyl (C=S) groups is 1. The number of nitrogens with zero attached hydrogens (tertiary/aromatic N) is 1. The van der Waals surface area contributed by atoms with E-state index in [-0.39, 0.29) is 10.7 Å². The van der Waals surface area contributed by atoms with Crippen LogP contribution in [-0.2, 0) is 16.2 Å². The van der Waals surface area contributed by atoms with Gasteiger partial charge in [0.1, 0.15) is 12.2 Å². The van der Waals surface area contributed by atoms with Crippen LogP contribution in [0.25, 0.3) is 6.08 Å². The van der Waals surface area contributed by atoms with Crippen molar-refractivity contribution in [2.75, 3.05) is 12.0 Å². The maximum Gasteiger partial charge on any atom is 0.270 e. The zero-order valence-electron chi connectivity index (χ0n) is 19.1. The third kappa shape index (κ3) is 4.84. The predicted molar refractivity (Wildman–Crippen MR) is 136 cm³/mol. The second-order valence-corrected chi connectivity index (χ2v) is 8.32. The van der Waals surface area contributed by atoms with E-state index in [1.807, 2.05) is 62.4 Å². The number of amides is 2. The SMILES string of the molecule is COc1ccc(/C=C2\C(=O)NC(=S)N(c3ccc(C)cc3C)C2=O)cc1OCc1ccccc1. The van der Waals surface area contributed by atoms with Crippen molar-refractivity contribution in [2.24, 2.45) is 0 Å². The van der Waals surface area contributed by atoms with E-state index >= 15 is 0 Å². The molecular formula is C27H24N2O4S. The fourth-order valence-corrected chi connectivity index (χ4v) is 4.00. The molecule has 0 unspecified atom stereocenters. The molecule has 0 atom stereocenters. The molecule has 0 radical (unpaired) electrons. The number of anilines is 1. The molecule has 1 fully saturated rings. The highest BCUT2D eigenvalue weighted by atomic mass is 32.1. The average molecular weight is 473 g/mol. The van der Waals surface area contributed by atoms with Crippen LogP contribution in [0.2, 0.25) is 0 Å². The van der Waals surface area contributed by atoms with Crippen molar-refractivity contribution in [3.8, 4) is 11.5 Å². The molecule has 6 nitrogen and oxygen atoms in total.